The Morgan fingerprint density at radius 3 is 1.60 bits per heavy atom. The lowest BCUT2D eigenvalue weighted by Crippen LogP contribution is -1.87. The molecule has 2 rings (SSSR count). The number of nitrogens with zero attached hydrogens (tertiary/aromatic N) is 1. The Hall–Kier alpha value is -1.18. The highest BCUT2D eigenvalue weighted by Crippen LogP contribution is 2.22. The standard InChI is InChI=1S/C12H8Cl2N/c13-9-3-1-5-11(7-9)15-12-6-2-4-10(14)8-12/h1-8H. The predicted molar refractivity (Wildman–Crippen MR) is 64.4 cm³/mol. The quantitative estimate of drug-likeness (QED) is 0.726. The van der Waals surface area contributed by atoms with Crippen LogP contribution in [-0.4, -0.2) is 0 Å². The van der Waals surface area contributed by atoms with Crippen molar-refractivity contribution >= 4 is 34.6 Å². The molecule has 0 atom stereocenters. The molecule has 0 heterocycles. The summed E-state index contributed by atoms with van der Waals surface area (Å²) in [6.45, 7) is 0. The van der Waals surface area contributed by atoms with Gasteiger partial charge in [0.25, 0.3) is 0 Å². The first kappa shape index (κ1) is 10.3. The van der Waals surface area contributed by atoms with Gasteiger partial charge in [-0.15, -0.1) is 0 Å². The summed E-state index contributed by atoms with van der Waals surface area (Å²) in [5.41, 5.74) is 1.65. The molecule has 0 spiro atoms. The molecule has 1 radical (unpaired) electrons. The third-order valence-electron chi connectivity index (χ3n) is 1.87. The summed E-state index contributed by atoms with van der Waals surface area (Å²) in [5.74, 6) is 0. The minimum absolute atomic E-state index is 0.679. The van der Waals surface area contributed by atoms with Crippen LogP contribution in [0.3, 0.4) is 0 Å². The molecule has 15 heavy (non-hydrogen) atoms. The van der Waals surface area contributed by atoms with E-state index in [0.717, 1.165) is 11.4 Å². The van der Waals surface area contributed by atoms with Crippen molar-refractivity contribution in [3.05, 3.63) is 58.6 Å². The van der Waals surface area contributed by atoms with Gasteiger partial charge in [-0.1, -0.05) is 35.3 Å². The molecule has 2 aromatic rings. The lowest BCUT2D eigenvalue weighted by molar-refractivity contribution is 1.19. The van der Waals surface area contributed by atoms with Gasteiger partial charge in [-0.05, 0) is 36.4 Å². The maximum Gasteiger partial charge on any atom is 0.0651 e. The second-order valence-electron chi connectivity index (χ2n) is 3.07. The van der Waals surface area contributed by atoms with E-state index in [9.17, 15) is 0 Å². The second-order valence-corrected chi connectivity index (χ2v) is 3.94. The minimum atomic E-state index is 0.679. The van der Waals surface area contributed by atoms with Crippen LogP contribution in [0.2, 0.25) is 10.0 Å². The number of benzene rings is 2. The van der Waals surface area contributed by atoms with E-state index >= 15 is 0 Å². The molecule has 0 aliphatic heterocycles. The van der Waals surface area contributed by atoms with Crippen LogP contribution in [0, 0.1) is 0 Å². The topological polar surface area (TPSA) is 14.1 Å². The lowest BCUT2D eigenvalue weighted by atomic mass is 10.3. The summed E-state index contributed by atoms with van der Waals surface area (Å²) >= 11 is 11.7. The van der Waals surface area contributed by atoms with Crippen LogP contribution in [0.15, 0.2) is 48.5 Å². The SMILES string of the molecule is Clc1cccc([N]c2cccc(Cl)c2)c1. The normalized spacial score (nSPS) is 10.0. The van der Waals surface area contributed by atoms with Gasteiger partial charge in [0.05, 0.1) is 11.4 Å². The molecule has 1 nitrogen and oxygen atoms in total. The van der Waals surface area contributed by atoms with E-state index in [4.69, 9.17) is 23.2 Å². The van der Waals surface area contributed by atoms with Crippen LogP contribution in [0.4, 0.5) is 11.4 Å². The maximum atomic E-state index is 5.86. The van der Waals surface area contributed by atoms with E-state index < -0.39 is 0 Å². The first-order chi connectivity index (χ1) is 7.24. The van der Waals surface area contributed by atoms with Crippen LogP contribution in [0.5, 0.6) is 0 Å². The van der Waals surface area contributed by atoms with E-state index in [1.54, 1.807) is 0 Å². The summed E-state index contributed by atoms with van der Waals surface area (Å²) in [6.07, 6.45) is 0. The summed E-state index contributed by atoms with van der Waals surface area (Å²) in [5, 5.41) is 5.75. The highest BCUT2D eigenvalue weighted by molar-refractivity contribution is 6.31. The summed E-state index contributed by atoms with van der Waals surface area (Å²) < 4.78 is 0. The molecule has 0 aliphatic rings. The molecule has 0 bridgehead atoms. The van der Waals surface area contributed by atoms with Crippen LogP contribution in [-0.2, 0) is 0 Å². The Morgan fingerprint density at radius 2 is 1.20 bits per heavy atom. The van der Waals surface area contributed by atoms with Crippen LogP contribution < -0.4 is 5.32 Å². The molecule has 0 aliphatic carbocycles. The van der Waals surface area contributed by atoms with Gasteiger partial charge in [-0.3, -0.25) is 0 Å². The van der Waals surface area contributed by atoms with Gasteiger partial charge < -0.3 is 0 Å². The van der Waals surface area contributed by atoms with Gasteiger partial charge >= 0.3 is 0 Å². The summed E-state index contributed by atoms with van der Waals surface area (Å²) in [7, 11) is 0. The molecular formula is C12H8Cl2N. The van der Waals surface area contributed by atoms with Crippen LogP contribution in [0.25, 0.3) is 0 Å². The average Bonchev–Trinajstić information content (AvgIpc) is 2.17. The van der Waals surface area contributed by atoms with Crippen molar-refractivity contribution < 1.29 is 0 Å². The van der Waals surface area contributed by atoms with Crippen molar-refractivity contribution in [3.8, 4) is 0 Å². The first-order valence-electron chi connectivity index (χ1n) is 4.47. The van der Waals surface area contributed by atoms with Crippen molar-refractivity contribution in [2.45, 2.75) is 0 Å². The van der Waals surface area contributed by atoms with Crippen molar-refractivity contribution in [2.75, 3.05) is 0 Å². The Bertz CT molecular complexity index is 425. The van der Waals surface area contributed by atoms with E-state index in [2.05, 4.69) is 5.32 Å². The number of hydrogen-bond acceptors (Lipinski definition) is 0. The lowest BCUT2D eigenvalue weighted by Gasteiger charge is -2.03. The molecule has 0 unspecified atom stereocenters. The van der Waals surface area contributed by atoms with Crippen molar-refractivity contribution in [1.29, 1.82) is 0 Å². The third kappa shape index (κ3) is 2.88. The fraction of sp³-hybridized carbons (Fsp3) is 0. The Morgan fingerprint density at radius 1 is 0.733 bits per heavy atom. The van der Waals surface area contributed by atoms with Gasteiger partial charge in [0.15, 0.2) is 0 Å². The molecule has 75 valence electrons. The highest BCUT2D eigenvalue weighted by Gasteiger charge is 1.98. The molecule has 0 saturated carbocycles. The van der Waals surface area contributed by atoms with Crippen molar-refractivity contribution in [1.82, 2.24) is 5.32 Å². The van der Waals surface area contributed by atoms with Gasteiger partial charge in [-0.25, -0.2) is 5.32 Å². The van der Waals surface area contributed by atoms with Crippen LogP contribution in [0.1, 0.15) is 0 Å². The highest BCUT2D eigenvalue weighted by atomic mass is 35.5. The van der Waals surface area contributed by atoms with Crippen molar-refractivity contribution in [2.24, 2.45) is 0 Å². The Balaban J connectivity index is 2.22. The average molecular weight is 237 g/mol. The molecule has 2 aromatic carbocycles. The van der Waals surface area contributed by atoms with Crippen molar-refractivity contribution in [3.63, 3.8) is 0 Å². The summed E-state index contributed by atoms with van der Waals surface area (Å²) in [4.78, 5) is 0. The fourth-order valence-electron chi connectivity index (χ4n) is 1.24. The maximum absolute atomic E-state index is 5.86. The van der Waals surface area contributed by atoms with E-state index in [1.165, 1.54) is 0 Å². The zero-order chi connectivity index (χ0) is 10.7. The first-order valence-corrected chi connectivity index (χ1v) is 5.22. The fourth-order valence-corrected chi connectivity index (χ4v) is 1.61. The van der Waals surface area contributed by atoms with E-state index in [0.29, 0.717) is 10.0 Å². The van der Waals surface area contributed by atoms with Gasteiger partial charge in [0.1, 0.15) is 0 Å². The molecule has 0 N–H and O–H groups in total. The zero-order valence-electron chi connectivity index (χ0n) is 7.82. The van der Waals surface area contributed by atoms with Gasteiger partial charge in [-0.2, -0.15) is 0 Å². The molecule has 0 fully saturated rings. The number of halogens is 2. The van der Waals surface area contributed by atoms with Crippen LogP contribution >= 0.6 is 23.2 Å². The number of rotatable bonds is 2. The molecule has 0 saturated heterocycles. The summed E-state index contributed by atoms with van der Waals surface area (Å²) in [6, 6.07) is 14.8. The monoisotopic (exact) mass is 236 g/mol. The molecule has 0 aromatic heterocycles. The third-order valence-corrected chi connectivity index (χ3v) is 2.34. The molecular weight excluding hydrogens is 229 g/mol. The van der Waals surface area contributed by atoms with Gasteiger partial charge in [0, 0.05) is 10.0 Å². The molecule has 0 amide bonds. The zero-order valence-corrected chi connectivity index (χ0v) is 9.33. The van der Waals surface area contributed by atoms with E-state index in [1.807, 2.05) is 48.5 Å². The second kappa shape index (κ2) is 4.56. The minimum Gasteiger partial charge on any atom is -0.249 e. The van der Waals surface area contributed by atoms with E-state index in [-0.39, 0.29) is 0 Å². The largest absolute Gasteiger partial charge is 0.249 e. The smallest absolute Gasteiger partial charge is 0.0651 e. The molecule has 3 heteroatoms. The predicted octanol–water partition coefficient (Wildman–Crippen LogP) is 4.56. The Labute approximate surface area is 98.6 Å². The van der Waals surface area contributed by atoms with Gasteiger partial charge in [0.2, 0.25) is 0 Å². The Kier molecular flexibility index (Phi) is 3.14. The number of hydrogen-bond donors (Lipinski definition) is 0.